The minimum Gasteiger partial charge on any atom is -0.481 e. The third-order valence-electron chi connectivity index (χ3n) is 3.76. The number of carbonyl (C=O) groups is 3. The van der Waals surface area contributed by atoms with Crippen LogP contribution in [-0.4, -0.2) is 34.5 Å². The Labute approximate surface area is 129 Å². The maximum Gasteiger partial charge on any atom is 0.305 e. The van der Waals surface area contributed by atoms with Gasteiger partial charge in [-0.1, -0.05) is 13.8 Å². The van der Waals surface area contributed by atoms with Gasteiger partial charge in [0.05, 0.1) is 23.8 Å². The molecule has 7 heteroatoms. The normalized spacial score (nSPS) is 12.5. The fourth-order valence-corrected chi connectivity index (χ4v) is 2.12. The van der Waals surface area contributed by atoms with E-state index in [1.54, 1.807) is 6.92 Å². The minimum absolute atomic E-state index is 0.159. The van der Waals surface area contributed by atoms with Crippen molar-refractivity contribution < 1.29 is 23.9 Å². The van der Waals surface area contributed by atoms with Gasteiger partial charge in [-0.05, 0) is 25.8 Å². The van der Waals surface area contributed by atoms with E-state index in [0.717, 1.165) is 0 Å². The highest BCUT2D eigenvalue weighted by atomic mass is 16.4. The zero-order valence-electron chi connectivity index (χ0n) is 13.0. The molecule has 1 heterocycles. The average molecular weight is 310 g/mol. The van der Waals surface area contributed by atoms with Crippen molar-refractivity contribution >= 4 is 17.8 Å². The number of aliphatic carboxylic acids is 1. The van der Waals surface area contributed by atoms with Crippen LogP contribution in [0.3, 0.4) is 0 Å². The van der Waals surface area contributed by atoms with Crippen LogP contribution in [0.2, 0.25) is 0 Å². The number of carboxylic acids is 1. The van der Waals surface area contributed by atoms with E-state index in [9.17, 15) is 14.4 Å². The summed E-state index contributed by atoms with van der Waals surface area (Å²) >= 11 is 0. The molecule has 1 atom stereocenters. The summed E-state index contributed by atoms with van der Waals surface area (Å²) in [5, 5.41) is 14.3. The summed E-state index contributed by atoms with van der Waals surface area (Å²) in [5.41, 5.74) is -0.486. The maximum atomic E-state index is 12.2. The van der Waals surface area contributed by atoms with Gasteiger partial charge in [0.1, 0.15) is 12.3 Å². The summed E-state index contributed by atoms with van der Waals surface area (Å²) in [7, 11) is 0. The number of nitrogens with one attached hydrogen (secondary N) is 2. The highest BCUT2D eigenvalue weighted by Crippen LogP contribution is 2.20. The zero-order chi connectivity index (χ0) is 16.8. The lowest BCUT2D eigenvalue weighted by Crippen LogP contribution is -2.55. The molecule has 122 valence electrons. The number of rotatable bonds is 8. The Kier molecular flexibility index (Phi) is 6.15. The van der Waals surface area contributed by atoms with Crippen LogP contribution < -0.4 is 10.6 Å². The van der Waals surface area contributed by atoms with Crippen molar-refractivity contribution in [3.8, 4) is 0 Å². The Morgan fingerprint density at radius 2 is 1.95 bits per heavy atom. The molecular weight excluding hydrogens is 288 g/mol. The first-order valence-corrected chi connectivity index (χ1v) is 7.20. The molecule has 1 aromatic rings. The van der Waals surface area contributed by atoms with E-state index in [0.29, 0.717) is 18.4 Å². The molecule has 0 aliphatic rings. The van der Waals surface area contributed by atoms with Gasteiger partial charge in [0.15, 0.2) is 0 Å². The molecule has 1 rings (SSSR count). The highest BCUT2D eigenvalue weighted by molar-refractivity contribution is 5.97. The van der Waals surface area contributed by atoms with Crippen LogP contribution in [-0.2, 0) is 9.59 Å². The quantitative estimate of drug-likeness (QED) is 0.675. The molecular formula is C15H22N2O5. The molecule has 0 fully saturated rings. The van der Waals surface area contributed by atoms with E-state index < -0.39 is 29.4 Å². The fourth-order valence-electron chi connectivity index (χ4n) is 2.12. The summed E-state index contributed by atoms with van der Waals surface area (Å²) in [6.07, 6.45) is 3.47. The molecule has 0 saturated carbocycles. The molecule has 3 N–H and O–H groups in total. The molecule has 1 unspecified atom stereocenters. The van der Waals surface area contributed by atoms with Gasteiger partial charge in [-0.3, -0.25) is 14.4 Å². The van der Waals surface area contributed by atoms with Crippen molar-refractivity contribution in [2.24, 2.45) is 0 Å². The minimum atomic E-state index is -0.973. The molecule has 2 amide bonds. The van der Waals surface area contributed by atoms with Gasteiger partial charge in [-0.2, -0.15) is 0 Å². The SMILES string of the molecule is CCC(CC)(CC(=O)O)NC(=O)C(C)NC(=O)c1ccoc1. The Balaban J connectivity index is 2.69. The molecule has 22 heavy (non-hydrogen) atoms. The van der Waals surface area contributed by atoms with Crippen molar-refractivity contribution in [2.75, 3.05) is 0 Å². The van der Waals surface area contributed by atoms with Crippen molar-refractivity contribution in [1.29, 1.82) is 0 Å². The first-order valence-electron chi connectivity index (χ1n) is 7.20. The van der Waals surface area contributed by atoms with E-state index in [4.69, 9.17) is 9.52 Å². The molecule has 1 aromatic heterocycles. The Morgan fingerprint density at radius 1 is 1.32 bits per heavy atom. The molecule has 0 bridgehead atoms. The second kappa shape index (κ2) is 7.63. The first kappa shape index (κ1) is 17.7. The summed E-state index contributed by atoms with van der Waals surface area (Å²) in [5.74, 6) is -1.81. The van der Waals surface area contributed by atoms with Gasteiger partial charge >= 0.3 is 5.97 Å². The van der Waals surface area contributed by atoms with Crippen LogP contribution >= 0.6 is 0 Å². The average Bonchev–Trinajstić information content (AvgIpc) is 3.00. The lowest BCUT2D eigenvalue weighted by Gasteiger charge is -2.32. The smallest absolute Gasteiger partial charge is 0.305 e. The number of hydrogen-bond donors (Lipinski definition) is 3. The molecule has 0 aliphatic heterocycles. The zero-order valence-corrected chi connectivity index (χ0v) is 13.0. The van der Waals surface area contributed by atoms with Crippen LogP contribution in [0, 0.1) is 0 Å². The second-order valence-corrected chi connectivity index (χ2v) is 5.25. The fraction of sp³-hybridized carbons (Fsp3) is 0.533. The second-order valence-electron chi connectivity index (χ2n) is 5.25. The van der Waals surface area contributed by atoms with Gasteiger partial charge in [0.2, 0.25) is 5.91 Å². The lowest BCUT2D eigenvalue weighted by molar-refractivity contribution is -0.139. The highest BCUT2D eigenvalue weighted by Gasteiger charge is 2.32. The van der Waals surface area contributed by atoms with Gasteiger partial charge < -0.3 is 20.2 Å². The molecule has 0 aliphatic carbocycles. The van der Waals surface area contributed by atoms with E-state index >= 15 is 0 Å². The number of hydrogen-bond acceptors (Lipinski definition) is 4. The van der Waals surface area contributed by atoms with Crippen LogP contribution in [0.1, 0.15) is 50.4 Å². The van der Waals surface area contributed by atoms with Crippen LogP contribution in [0.15, 0.2) is 23.0 Å². The maximum absolute atomic E-state index is 12.2. The molecule has 7 nitrogen and oxygen atoms in total. The summed E-state index contributed by atoms with van der Waals surface area (Å²) < 4.78 is 4.81. The molecule has 0 spiro atoms. The van der Waals surface area contributed by atoms with E-state index in [1.807, 2.05) is 13.8 Å². The standard InChI is InChI=1S/C15H22N2O5/c1-4-15(5-2,8-12(18)19)17-13(20)10(3)16-14(21)11-6-7-22-9-11/h6-7,9-10H,4-5,8H2,1-3H3,(H,16,21)(H,17,20)(H,18,19). The summed E-state index contributed by atoms with van der Waals surface area (Å²) in [6.45, 7) is 5.19. The van der Waals surface area contributed by atoms with Crippen molar-refractivity contribution in [1.82, 2.24) is 10.6 Å². The number of furan rings is 1. The molecule has 0 saturated heterocycles. The topological polar surface area (TPSA) is 109 Å². The predicted octanol–water partition coefficient (Wildman–Crippen LogP) is 1.55. The van der Waals surface area contributed by atoms with E-state index in [1.165, 1.54) is 18.6 Å². The summed E-state index contributed by atoms with van der Waals surface area (Å²) in [6, 6.07) is 0.709. The number of amides is 2. The van der Waals surface area contributed by atoms with Crippen LogP contribution in [0.5, 0.6) is 0 Å². The lowest BCUT2D eigenvalue weighted by atomic mass is 9.88. The van der Waals surface area contributed by atoms with Gasteiger partial charge in [-0.15, -0.1) is 0 Å². The predicted molar refractivity (Wildman–Crippen MR) is 79.3 cm³/mol. The van der Waals surface area contributed by atoms with Crippen LogP contribution in [0.25, 0.3) is 0 Å². The number of carbonyl (C=O) groups excluding carboxylic acids is 2. The number of carboxylic acid groups (broad SMARTS) is 1. The van der Waals surface area contributed by atoms with Crippen molar-refractivity contribution in [3.05, 3.63) is 24.2 Å². The Bertz CT molecular complexity index is 520. The third kappa shape index (κ3) is 4.61. The van der Waals surface area contributed by atoms with E-state index in [2.05, 4.69) is 10.6 Å². The Morgan fingerprint density at radius 3 is 2.41 bits per heavy atom. The Hall–Kier alpha value is -2.31. The third-order valence-corrected chi connectivity index (χ3v) is 3.76. The van der Waals surface area contributed by atoms with E-state index in [-0.39, 0.29) is 6.42 Å². The monoisotopic (exact) mass is 310 g/mol. The largest absolute Gasteiger partial charge is 0.481 e. The van der Waals surface area contributed by atoms with Gasteiger partial charge in [0.25, 0.3) is 5.91 Å². The van der Waals surface area contributed by atoms with Crippen molar-refractivity contribution in [2.45, 2.75) is 51.6 Å². The van der Waals surface area contributed by atoms with Crippen molar-refractivity contribution in [3.63, 3.8) is 0 Å². The molecule has 0 aromatic carbocycles. The van der Waals surface area contributed by atoms with Gasteiger partial charge in [0, 0.05) is 0 Å². The van der Waals surface area contributed by atoms with Gasteiger partial charge in [-0.25, -0.2) is 0 Å². The molecule has 0 radical (unpaired) electrons. The summed E-state index contributed by atoms with van der Waals surface area (Å²) in [4.78, 5) is 35.1. The first-order chi connectivity index (χ1) is 10.3. The van der Waals surface area contributed by atoms with Crippen LogP contribution in [0.4, 0.5) is 0 Å².